The summed E-state index contributed by atoms with van der Waals surface area (Å²) in [5.41, 5.74) is 3.39. The van der Waals surface area contributed by atoms with Crippen LogP contribution < -0.4 is 5.32 Å². The minimum atomic E-state index is 0.0764. The van der Waals surface area contributed by atoms with E-state index in [4.69, 9.17) is 11.6 Å². The van der Waals surface area contributed by atoms with Gasteiger partial charge in [0.25, 0.3) is 0 Å². The van der Waals surface area contributed by atoms with Gasteiger partial charge in [-0.1, -0.05) is 11.6 Å². The van der Waals surface area contributed by atoms with Gasteiger partial charge >= 0.3 is 0 Å². The molecule has 0 aliphatic carbocycles. The van der Waals surface area contributed by atoms with E-state index in [0.717, 1.165) is 30.2 Å². The van der Waals surface area contributed by atoms with Crippen LogP contribution in [0.3, 0.4) is 0 Å². The molecule has 0 saturated carbocycles. The van der Waals surface area contributed by atoms with Crippen LogP contribution in [0.25, 0.3) is 5.82 Å². The molecule has 0 amide bonds. The molecule has 106 valence electrons. The molecule has 1 aliphatic rings. The number of nitrogens with zero attached hydrogens (tertiary/aromatic N) is 3. The minimum Gasteiger partial charge on any atom is -0.348 e. The van der Waals surface area contributed by atoms with Crippen LogP contribution in [0.4, 0.5) is 0 Å². The highest BCUT2D eigenvalue weighted by Gasteiger charge is 2.26. The highest BCUT2D eigenvalue weighted by atomic mass is 35.5. The second kappa shape index (κ2) is 5.02. The Morgan fingerprint density at radius 1 is 1.24 bits per heavy atom. The molecule has 0 radical (unpaired) electrons. The minimum absolute atomic E-state index is 0.0764. The molecule has 1 atom stereocenters. The standard InChI is InChI=1S/C15H14ClN5/c16-10-3-4-13(18-8-10)21-7-1-2-12(21)15-14-11(5-6-17-15)19-9-20-14/h1-4,7-9,15,17H,5-6H2,(H,19,20). The quantitative estimate of drug-likeness (QED) is 0.764. The number of aromatic amines is 1. The Labute approximate surface area is 127 Å². The maximum Gasteiger partial charge on any atom is 0.136 e. The lowest BCUT2D eigenvalue weighted by Gasteiger charge is -2.24. The summed E-state index contributed by atoms with van der Waals surface area (Å²) < 4.78 is 2.07. The average molecular weight is 300 g/mol. The van der Waals surface area contributed by atoms with Crippen LogP contribution in [-0.4, -0.2) is 26.1 Å². The van der Waals surface area contributed by atoms with E-state index < -0.39 is 0 Å². The van der Waals surface area contributed by atoms with Crippen LogP contribution in [0.15, 0.2) is 43.0 Å². The Morgan fingerprint density at radius 3 is 3.05 bits per heavy atom. The smallest absolute Gasteiger partial charge is 0.136 e. The van der Waals surface area contributed by atoms with E-state index in [1.54, 1.807) is 12.5 Å². The molecule has 3 aromatic rings. The van der Waals surface area contributed by atoms with Crippen LogP contribution in [-0.2, 0) is 6.42 Å². The number of rotatable bonds is 2. The molecule has 6 heteroatoms. The third-order valence-electron chi connectivity index (χ3n) is 3.78. The van der Waals surface area contributed by atoms with Gasteiger partial charge in [-0.3, -0.25) is 0 Å². The van der Waals surface area contributed by atoms with Crippen molar-refractivity contribution in [3.05, 3.63) is 65.1 Å². The number of hydrogen-bond donors (Lipinski definition) is 2. The number of imidazole rings is 1. The van der Waals surface area contributed by atoms with Gasteiger partial charge in [0.1, 0.15) is 5.82 Å². The van der Waals surface area contributed by atoms with Gasteiger partial charge in [-0.15, -0.1) is 0 Å². The van der Waals surface area contributed by atoms with Crippen LogP contribution in [0, 0.1) is 0 Å². The zero-order chi connectivity index (χ0) is 14.2. The number of fused-ring (bicyclic) bond motifs is 1. The van der Waals surface area contributed by atoms with Crippen LogP contribution in [0.5, 0.6) is 0 Å². The second-order valence-electron chi connectivity index (χ2n) is 5.04. The van der Waals surface area contributed by atoms with Gasteiger partial charge in [-0.2, -0.15) is 0 Å². The molecule has 0 saturated heterocycles. The Bertz CT molecular complexity index is 758. The Kier molecular flexibility index (Phi) is 3.02. The number of nitrogens with one attached hydrogen (secondary N) is 2. The van der Waals surface area contributed by atoms with Gasteiger partial charge < -0.3 is 14.9 Å². The van der Waals surface area contributed by atoms with E-state index in [1.807, 2.05) is 24.4 Å². The van der Waals surface area contributed by atoms with Gasteiger partial charge in [0, 0.05) is 36.7 Å². The van der Waals surface area contributed by atoms with Crippen molar-refractivity contribution in [2.24, 2.45) is 0 Å². The number of halogens is 1. The normalized spacial score (nSPS) is 17.7. The van der Waals surface area contributed by atoms with Crippen molar-refractivity contribution in [2.45, 2.75) is 12.5 Å². The number of aromatic nitrogens is 4. The highest BCUT2D eigenvalue weighted by Crippen LogP contribution is 2.28. The molecule has 0 bridgehead atoms. The molecule has 5 nitrogen and oxygen atoms in total. The summed E-state index contributed by atoms with van der Waals surface area (Å²) in [7, 11) is 0. The van der Waals surface area contributed by atoms with Gasteiger partial charge in [0.2, 0.25) is 0 Å². The summed E-state index contributed by atoms with van der Waals surface area (Å²) in [6.07, 6.45) is 6.41. The van der Waals surface area contributed by atoms with Crippen molar-refractivity contribution in [1.29, 1.82) is 0 Å². The fraction of sp³-hybridized carbons (Fsp3) is 0.200. The molecule has 0 aromatic carbocycles. The summed E-state index contributed by atoms with van der Waals surface area (Å²) in [6.45, 7) is 0.930. The SMILES string of the molecule is Clc1ccc(-n2cccc2C2NCCc3[nH]cnc32)nc1. The molecule has 4 rings (SSSR count). The monoisotopic (exact) mass is 299 g/mol. The topological polar surface area (TPSA) is 58.5 Å². The lowest BCUT2D eigenvalue weighted by Crippen LogP contribution is -2.32. The van der Waals surface area contributed by atoms with Crippen LogP contribution in [0.2, 0.25) is 5.02 Å². The molecule has 0 fully saturated rings. The van der Waals surface area contributed by atoms with E-state index in [2.05, 4.69) is 30.9 Å². The molecule has 1 unspecified atom stereocenters. The molecule has 3 aromatic heterocycles. The van der Waals surface area contributed by atoms with Crippen molar-refractivity contribution < 1.29 is 0 Å². The van der Waals surface area contributed by atoms with Crippen molar-refractivity contribution >= 4 is 11.6 Å². The third-order valence-corrected chi connectivity index (χ3v) is 4.01. The lowest BCUT2D eigenvalue weighted by molar-refractivity contribution is 0.536. The molecule has 1 aliphatic heterocycles. The first-order chi connectivity index (χ1) is 10.3. The van der Waals surface area contributed by atoms with Gasteiger partial charge in [-0.05, 0) is 24.3 Å². The van der Waals surface area contributed by atoms with Crippen molar-refractivity contribution in [3.63, 3.8) is 0 Å². The average Bonchev–Trinajstić information content (AvgIpc) is 3.16. The maximum atomic E-state index is 5.92. The number of H-pyrrole nitrogens is 1. The van der Waals surface area contributed by atoms with E-state index in [-0.39, 0.29) is 6.04 Å². The van der Waals surface area contributed by atoms with Crippen molar-refractivity contribution in [3.8, 4) is 5.82 Å². The van der Waals surface area contributed by atoms with Crippen molar-refractivity contribution in [2.75, 3.05) is 6.54 Å². The molecule has 2 N–H and O–H groups in total. The predicted octanol–water partition coefficient (Wildman–Crippen LogP) is 2.48. The molecular weight excluding hydrogens is 286 g/mol. The lowest BCUT2D eigenvalue weighted by atomic mass is 10.0. The Morgan fingerprint density at radius 2 is 2.19 bits per heavy atom. The van der Waals surface area contributed by atoms with Gasteiger partial charge in [0.15, 0.2) is 0 Å². The summed E-state index contributed by atoms with van der Waals surface area (Å²) in [5.74, 6) is 0.851. The van der Waals surface area contributed by atoms with Crippen LogP contribution >= 0.6 is 11.6 Å². The Balaban J connectivity index is 1.78. The first kappa shape index (κ1) is 12.6. The molecular formula is C15H14ClN5. The fourth-order valence-corrected chi connectivity index (χ4v) is 2.92. The fourth-order valence-electron chi connectivity index (χ4n) is 2.81. The van der Waals surface area contributed by atoms with E-state index >= 15 is 0 Å². The third kappa shape index (κ3) is 2.14. The van der Waals surface area contributed by atoms with E-state index in [1.165, 1.54) is 5.69 Å². The first-order valence-corrected chi connectivity index (χ1v) is 7.25. The molecule has 21 heavy (non-hydrogen) atoms. The van der Waals surface area contributed by atoms with Crippen molar-refractivity contribution in [1.82, 2.24) is 24.8 Å². The summed E-state index contributed by atoms with van der Waals surface area (Å²) in [6, 6.07) is 7.96. The number of pyridine rings is 1. The van der Waals surface area contributed by atoms with Gasteiger partial charge in [-0.25, -0.2) is 9.97 Å². The predicted molar refractivity (Wildman–Crippen MR) is 80.7 cm³/mol. The molecule has 4 heterocycles. The van der Waals surface area contributed by atoms with E-state index in [0.29, 0.717) is 5.02 Å². The first-order valence-electron chi connectivity index (χ1n) is 6.87. The summed E-state index contributed by atoms with van der Waals surface area (Å²) in [4.78, 5) is 12.1. The Hall–Kier alpha value is -2.11. The zero-order valence-corrected chi connectivity index (χ0v) is 12.0. The van der Waals surface area contributed by atoms with E-state index in [9.17, 15) is 0 Å². The maximum absolute atomic E-state index is 5.92. The summed E-state index contributed by atoms with van der Waals surface area (Å²) in [5, 5.41) is 4.17. The summed E-state index contributed by atoms with van der Waals surface area (Å²) >= 11 is 5.92. The van der Waals surface area contributed by atoms with Crippen LogP contribution in [0.1, 0.15) is 23.1 Å². The molecule has 0 spiro atoms. The number of hydrogen-bond acceptors (Lipinski definition) is 3. The largest absolute Gasteiger partial charge is 0.348 e. The zero-order valence-electron chi connectivity index (χ0n) is 11.3. The van der Waals surface area contributed by atoms with Gasteiger partial charge in [0.05, 0.1) is 23.1 Å². The second-order valence-corrected chi connectivity index (χ2v) is 5.48. The highest BCUT2D eigenvalue weighted by molar-refractivity contribution is 6.30.